The molecule has 0 amide bonds. The number of esters is 1. The van der Waals surface area contributed by atoms with E-state index in [1.54, 1.807) is 0 Å². The Morgan fingerprint density at radius 2 is 2.12 bits per heavy atom. The zero-order chi connectivity index (χ0) is 23.8. The average Bonchev–Trinajstić information content (AvgIpc) is 2.79. The fraction of sp³-hybridized carbons (Fsp3) is 0.522. The third-order valence-corrected chi connectivity index (χ3v) is 6.93. The van der Waals surface area contributed by atoms with Crippen molar-refractivity contribution in [3.8, 4) is 0 Å². The second-order valence-electron chi connectivity index (χ2n) is 8.94. The molecular formula is C23H28ClN5O4. The summed E-state index contributed by atoms with van der Waals surface area (Å²) >= 11 is 6.30. The number of methoxy groups -OCH3 is 1. The van der Waals surface area contributed by atoms with E-state index < -0.39 is 16.3 Å². The molecule has 4 rings (SSSR count). The normalized spacial score (nSPS) is 24.8. The molecule has 1 aromatic heterocycles. The molecule has 1 aliphatic carbocycles. The number of fused-ring (bicyclic) bond motifs is 1. The van der Waals surface area contributed by atoms with Gasteiger partial charge in [-0.05, 0) is 55.8 Å². The highest BCUT2D eigenvalue weighted by molar-refractivity contribution is 6.28. The topological polar surface area (TPSA) is 110 Å². The van der Waals surface area contributed by atoms with Gasteiger partial charge in [0.25, 0.3) is 0 Å². The standard InChI is InChI=1S/C23H28ClN5O4/c1-14-13-28(15(2)12-25-14)20-19(29(31)32)18(26-22(24)27-20)11-23(21(30)33-3)10-6-8-16-7-4-5-9-17(16)23/h4-5,7,9,14-15,25H,6,8,10-13H2,1-3H3/t14-,15+,23?/m1/s1. The molecule has 1 aromatic carbocycles. The van der Waals surface area contributed by atoms with E-state index >= 15 is 0 Å². The molecule has 2 aliphatic rings. The van der Waals surface area contributed by atoms with Crippen molar-refractivity contribution in [2.24, 2.45) is 0 Å². The fourth-order valence-corrected chi connectivity index (χ4v) is 5.34. The Kier molecular flexibility index (Phi) is 6.54. The van der Waals surface area contributed by atoms with Crippen LogP contribution < -0.4 is 10.2 Å². The molecule has 0 bridgehead atoms. The Balaban J connectivity index is 1.88. The molecule has 1 saturated heterocycles. The van der Waals surface area contributed by atoms with Gasteiger partial charge >= 0.3 is 11.7 Å². The van der Waals surface area contributed by atoms with E-state index in [9.17, 15) is 14.9 Å². The molecule has 0 spiro atoms. The van der Waals surface area contributed by atoms with Gasteiger partial charge in [0.2, 0.25) is 11.1 Å². The first kappa shape index (κ1) is 23.4. The van der Waals surface area contributed by atoms with Gasteiger partial charge in [-0.1, -0.05) is 24.3 Å². The summed E-state index contributed by atoms with van der Waals surface area (Å²) in [4.78, 5) is 35.6. The van der Waals surface area contributed by atoms with E-state index in [0.29, 0.717) is 19.5 Å². The minimum absolute atomic E-state index is 0.0122. The fourth-order valence-electron chi connectivity index (χ4n) is 5.16. The number of piperazine rings is 1. The molecule has 0 saturated carbocycles. The van der Waals surface area contributed by atoms with Gasteiger partial charge in [0, 0.05) is 31.6 Å². The summed E-state index contributed by atoms with van der Waals surface area (Å²) < 4.78 is 5.23. The predicted octanol–water partition coefficient (Wildman–Crippen LogP) is 3.21. The van der Waals surface area contributed by atoms with E-state index in [1.165, 1.54) is 7.11 Å². The minimum Gasteiger partial charge on any atom is -0.468 e. The molecule has 9 nitrogen and oxygen atoms in total. The number of nitrogens with zero attached hydrogens (tertiary/aromatic N) is 4. The number of nitro groups is 1. The van der Waals surface area contributed by atoms with Crippen LogP contribution >= 0.6 is 11.6 Å². The van der Waals surface area contributed by atoms with E-state index in [4.69, 9.17) is 16.3 Å². The molecule has 1 N–H and O–H groups in total. The van der Waals surface area contributed by atoms with Gasteiger partial charge in [0.1, 0.15) is 5.69 Å². The Morgan fingerprint density at radius 1 is 1.36 bits per heavy atom. The van der Waals surface area contributed by atoms with Gasteiger partial charge in [-0.15, -0.1) is 0 Å². The second kappa shape index (κ2) is 9.23. The molecule has 10 heteroatoms. The van der Waals surface area contributed by atoms with Crippen molar-refractivity contribution in [1.29, 1.82) is 0 Å². The smallest absolute Gasteiger partial charge is 0.333 e. The minimum atomic E-state index is -1.08. The monoisotopic (exact) mass is 473 g/mol. The van der Waals surface area contributed by atoms with Crippen LogP contribution in [-0.2, 0) is 27.8 Å². The van der Waals surface area contributed by atoms with Gasteiger partial charge in [-0.2, -0.15) is 4.98 Å². The molecule has 2 heterocycles. The maximum absolute atomic E-state index is 13.2. The number of carbonyl (C=O) groups is 1. The number of aromatic nitrogens is 2. The first-order valence-electron chi connectivity index (χ1n) is 11.1. The van der Waals surface area contributed by atoms with Gasteiger partial charge in [0.15, 0.2) is 0 Å². The van der Waals surface area contributed by atoms with Crippen molar-refractivity contribution in [2.45, 2.75) is 57.0 Å². The number of nitrogens with one attached hydrogen (secondary N) is 1. The lowest BCUT2D eigenvalue weighted by Gasteiger charge is -2.38. The Labute approximate surface area is 197 Å². The molecule has 2 aromatic rings. The summed E-state index contributed by atoms with van der Waals surface area (Å²) in [6.07, 6.45) is 2.12. The number of benzene rings is 1. The number of aryl methyl sites for hydroxylation is 1. The number of hydrogen-bond acceptors (Lipinski definition) is 8. The SMILES string of the molecule is COC(=O)C1(Cc2nc(Cl)nc(N3C[C@@H](C)NC[C@@H]3C)c2[N+](=O)[O-])CCCc2ccccc21. The lowest BCUT2D eigenvalue weighted by molar-refractivity contribution is -0.385. The zero-order valence-corrected chi connectivity index (χ0v) is 19.8. The van der Waals surface area contributed by atoms with Crippen LogP contribution in [0.1, 0.15) is 43.5 Å². The van der Waals surface area contributed by atoms with Crippen molar-refractivity contribution >= 4 is 29.1 Å². The van der Waals surface area contributed by atoms with Crippen molar-refractivity contribution < 1.29 is 14.5 Å². The zero-order valence-electron chi connectivity index (χ0n) is 19.0. The highest BCUT2D eigenvalue weighted by atomic mass is 35.5. The van der Waals surface area contributed by atoms with E-state index in [0.717, 1.165) is 24.0 Å². The van der Waals surface area contributed by atoms with Crippen molar-refractivity contribution in [2.75, 3.05) is 25.1 Å². The lowest BCUT2D eigenvalue weighted by atomic mass is 9.67. The van der Waals surface area contributed by atoms with Gasteiger partial charge in [-0.25, -0.2) is 4.98 Å². The maximum Gasteiger partial charge on any atom is 0.333 e. The molecule has 176 valence electrons. The van der Waals surface area contributed by atoms with Crippen LogP contribution in [0.4, 0.5) is 11.5 Å². The van der Waals surface area contributed by atoms with Crippen LogP contribution in [0, 0.1) is 10.1 Å². The molecular weight excluding hydrogens is 446 g/mol. The van der Waals surface area contributed by atoms with Crippen LogP contribution in [0.15, 0.2) is 24.3 Å². The molecule has 33 heavy (non-hydrogen) atoms. The summed E-state index contributed by atoms with van der Waals surface area (Å²) in [7, 11) is 1.35. The number of carbonyl (C=O) groups excluding carboxylic acids is 1. The Hall–Kier alpha value is -2.78. The van der Waals surface area contributed by atoms with Crippen molar-refractivity contribution in [3.05, 3.63) is 56.5 Å². The van der Waals surface area contributed by atoms with E-state index in [-0.39, 0.29) is 41.0 Å². The highest BCUT2D eigenvalue weighted by Gasteiger charge is 2.47. The summed E-state index contributed by atoms with van der Waals surface area (Å²) in [6, 6.07) is 7.80. The van der Waals surface area contributed by atoms with Crippen LogP contribution in [-0.4, -0.2) is 53.1 Å². The Bertz CT molecular complexity index is 1080. The first-order valence-corrected chi connectivity index (χ1v) is 11.5. The van der Waals surface area contributed by atoms with Gasteiger partial charge in [0.05, 0.1) is 17.4 Å². The Morgan fingerprint density at radius 3 is 2.85 bits per heavy atom. The first-order chi connectivity index (χ1) is 15.8. The van der Waals surface area contributed by atoms with Crippen molar-refractivity contribution in [3.63, 3.8) is 0 Å². The number of halogens is 1. The highest BCUT2D eigenvalue weighted by Crippen LogP contribution is 2.43. The molecule has 0 radical (unpaired) electrons. The molecule has 1 unspecified atom stereocenters. The largest absolute Gasteiger partial charge is 0.468 e. The number of hydrogen-bond donors (Lipinski definition) is 1. The lowest BCUT2D eigenvalue weighted by Crippen LogP contribution is -2.55. The third-order valence-electron chi connectivity index (χ3n) is 6.76. The number of rotatable bonds is 5. The maximum atomic E-state index is 13.2. The number of anilines is 1. The molecule has 3 atom stereocenters. The van der Waals surface area contributed by atoms with Crippen LogP contribution in [0.3, 0.4) is 0 Å². The summed E-state index contributed by atoms with van der Waals surface area (Å²) in [5.41, 5.74) is 0.743. The van der Waals surface area contributed by atoms with Crippen LogP contribution in [0.5, 0.6) is 0 Å². The third kappa shape index (κ3) is 4.27. The molecule has 1 aliphatic heterocycles. The van der Waals surface area contributed by atoms with Crippen LogP contribution in [0.25, 0.3) is 0 Å². The van der Waals surface area contributed by atoms with E-state index in [2.05, 4.69) is 15.3 Å². The van der Waals surface area contributed by atoms with Crippen molar-refractivity contribution in [1.82, 2.24) is 15.3 Å². The van der Waals surface area contributed by atoms with Gasteiger partial charge < -0.3 is 15.0 Å². The van der Waals surface area contributed by atoms with Gasteiger partial charge in [-0.3, -0.25) is 14.9 Å². The predicted molar refractivity (Wildman–Crippen MR) is 125 cm³/mol. The number of ether oxygens (including phenoxy) is 1. The average molecular weight is 474 g/mol. The quantitative estimate of drug-likeness (QED) is 0.305. The van der Waals surface area contributed by atoms with Crippen LogP contribution in [0.2, 0.25) is 5.28 Å². The summed E-state index contributed by atoms with van der Waals surface area (Å²) in [6.45, 7) is 5.19. The summed E-state index contributed by atoms with van der Waals surface area (Å²) in [5.74, 6) is -0.232. The second-order valence-corrected chi connectivity index (χ2v) is 9.28. The molecule has 1 fully saturated rings. The summed E-state index contributed by atoms with van der Waals surface area (Å²) in [5, 5.41) is 15.6. The van der Waals surface area contributed by atoms with E-state index in [1.807, 2.05) is 43.0 Å².